The van der Waals surface area contributed by atoms with E-state index in [2.05, 4.69) is 0 Å². The fourth-order valence-corrected chi connectivity index (χ4v) is 4.70. The second-order valence-electron chi connectivity index (χ2n) is 5.38. The highest BCUT2D eigenvalue weighted by atomic mass is 32.2. The summed E-state index contributed by atoms with van der Waals surface area (Å²) < 4.78 is 40.4. The minimum atomic E-state index is -4.18. The molecule has 0 spiro atoms. The number of sulfonamides is 1. The number of hydrogen-bond acceptors (Lipinski definition) is 5. The molecule has 1 saturated heterocycles. The molecule has 7 nitrogen and oxygen atoms in total. The molecule has 1 aromatic carbocycles. The van der Waals surface area contributed by atoms with Crippen LogP contribution in [0.1, 0.15) is 26.2 Å². The Labute approximate surface area is 128 Å². The van der Waals surface area contributed by atoms with Crippen LogP contribution in [0.15, 0.2) is 23.1 Å². The SMILES string of the molecule is CC(N)C1CCCCN1S(=O)(=O)c1cccc(F)c1[N+](=O)[O-]. The van der Waals surface area contributed by atoms with Gasteiger partial charge in [0.25, 0.3) is 0 Å². The maximum atomic E-state index is 13.7. The average Bonchev–Trinajstić information content (AvgIpc) is 2.46. The van der Waals surface area contributed by atoms with Crippen molar-refractivity contribution < 1.29 is 17.7 Å². The zero-order chi connectivity index (χ0) is 16.5. The predicted octanol–water partition coefficient (Wildman–Crippen LogP) is 1.62. The molecule has 0 bridgehead atoms. The molecule has 0 amide bonds. The topological polar surface area (TPSA) is 107 Å². The van der Waals surface area contributed by atoms with Crippen LogP contribution in [0, 0.1) is 15.9 Å². The van der Waals surface area contributed by atoms with Gasteiger partial charge in [-0.2, -0.15) is 8.70 Å². The number of nitro groups is 1. The first-order valence-corrected chi connectivity index (χ1v) is 8.41. The summed E-state index contributed by atoms with van der Waals surface area (Å²) in [5.74, 6) is -1.17. The van der Waals surface area contributed by atoms with Crippen molar-refractivity contribution in [3.63, 3.8) is 0 Å². The number of rotatable bonds is 4. The molecule has 1 heterocycles. The molecule has 2 atom stereocenters. The lowest BCUT2D eigenvalue weighted by molar-refractivity contribution is -0.390. The van der Waals surface area contributed by atoms with Crippen LogP contribution in [0.5, 0.6) is 0 Å². The number of halogens is 1. The molecule has 22 heavy (non-hydrogen) atoms. The van der Waals surface area contributed by atoms with E-state index >= 15 is 0 Å². The Kier molecular flexibility index (Phi) is 4.78. The number of nitro benzene ring substituents is 1. The van der Waals surface area contributed by atoms with Crippen LogP contribution in [0.2, 0.25) is 0 Å². The number of benzene rings is 1. The van der Waals surface area contributed by atoms with E-state index in [-0.39, 0.29) is 6.54 Å². The molecule has 1 fully saturated rings. The number of piperidine rings is 1. The monoisotopic (exact) mass is 331 g/mol. The third-order valence-corrected chi connectivity index (χ3v) is 5.78. The van der Waals surface area contributed by atoms with Gasteiger partial charge in [-0.15, -0.1) is 0 Å². The van der Waals surface area contributed by atoms with Crippen molar-refractivity contribution in [2.24, 2.45) is 5.73 Å². The Balaban J connectivity index is 2.55. The molecule has 0 aliphatic carbocycles. The minimum absolute atomic E-state index is 0.224. The highest BCUT2D eigenvalue weighted by Crippen LogP contribution is 2.33. The molecule has 1 aromatic rings. The lowest BCUT2D eigenvalue weighted by atomic mass is 10.00. The number of nitrogens with two attached hydrogens (primary N) is 1. The lowest BCUT2D eigenvalue weighted by Gasteiger charge is -2.36. The van der Waals surface area contributed by atoms with Crippen LogP contribution in [-0.2, 0) is 10.0 Å². The Hall–Kier alpha value is -1.58. The van der Waals surface area contributed by atoms with Crippen LogP contribution < -0.4 is 5.73 Å². The molecule has 1 aliphatic rings. The molecule has 1 aliphatic heterocycles. The number of para-hydroxylation sites is 1. The van der Waals surface area contributed by atoms with Gasteiger partial charge in [0.2, 0.25) is 15.8 Å². The van der Waals surface area contributed by atoms with E-state index in [4.69, 9.17) is 5.73 Å². The first-order chi connectivity index (χ1) is 10.3. The third-order valence-electron chi connectivity index (χ3n) is 3.82. The standard InChI is InChI=1S/C13H18FN3O4S/c1-9(15)11-6-2-3-8-16(11)22(20,21)12-7-4-5-10(14)13(12)17(18)19/h4-5,7,9,11H,2-3,6,8,15H2,1H3. The van der Waals surface area contributed by atoms with E-state index < -0.39 is 43.4 Å². The smallest absolute Gasteiger partial charge is 0.324 e. The zero-order valence-electron chi connectivity index (χ0n) is 12.1. The lowest BCUT2D eigenvalue weighted by Crippen LogP contribution is -2.51. The van der Waals surface area contributed by atoms with Gasteiger partial charge in [-0.3, -0.25) is 10.1 Å². The summed E-state index contributed by atoms with van der Waals surface area (Å²) >= 11 is 0. The summed E-state index contributed by atoms with van der Waals surface area (Å²) in [5.41, 5.74) is 4.83. The number of nitrogens with zero attached hydrogens (tertiary/aromatic N) is 2. The van der Waals surface area contributed by atoms with Gasteiger partial charge in [-0.1, -0.05) is 12.5 Å². The fraction of sp³-hybridized carbons (Fsp3) is 0.538. The van der Waals surface area contributed by atoms with Crippen molar-refractivity contribution >= 4 is 15.7 Å². The van der Waals surface area contributed by atoms with Gasteiger partial charge in [-0.05, 0) is 31.9 Å². The maximum absolute atomic E-state index is 13.7. The quantitative estimate of drug-likeness (QED) is 0.666. The van der Waals surface area contributed by atoms with Crippen LogP contribution >= 0.6 is 0 Å². The highest BCUT2D eigenvalue weighted by Gasteiger charge is 2.39. The van der Waals surface area contributed by atoms with Gasteiger partial charge in [0, 0.05) is 18.6 Å². The van der Waals surface area contributed by atoms with Crippen molar-refractivity contribution in [1.82, 2.24) is 4.31 Å². The predicted molar refractivity (Wildman–Crippen MR) is 78.2 cm³/mol. The normalized spacial score (nSPS) is 21.5. The van der Waals surface area contributed by atoms with Crippen molar-refractivity contribution in [1.29, 1.82) is 0 Å². The second-order valence-corrected chi connectivity index (χ2v) is 7.24. The van der Waals surface area contributed by atoms with Crippen molar-refractivity contribution in [2.45, 2.75) is 43.2 Å². The molecule has 2 unspecified atom stereocenters. The molecule has 0 saturated carbocycles. The number of hydrogen-bond donors (Lipinski definition) is 1. The molecular formula is C13H18FN3O4S. The largest absolute Gasteiger partial charge is 0.326 e. The fourth-order valence-electron chi connectivity index (χ4n) is 2.76. The molecule has 2 rings (SSSR count). The summed E-state index contributed by atoms with van der Waals surface area (Å²) in [6.07, 6.45) is 2.06. The van der Waals surface area contributed by atoms with E-state index in [9.17, 15) is 22.9 Å². The van der Waals surface area contributed by atoms with E-state index in [1.165, 1.54) is 4.31 Å². The maximum Gasteiger partial charge on any atom is 0.324 e. The molecule has 0 radical (unpaired) electrons. The third kappa shape index (κ3) is 2.96. The van der Waals surface area contributed by atoms with Crippen molar-refractivity contribution in [2.75, 3.05) is 6.54 Å². The first-order valence-electron chi connectivity index (χ1n) is 6.97. The van der Waals surface area contributed by atoms with E-state index in [0.29, 0.717) is 12.8 Å². The molecule has 122 valence electrons. The summed E-state index contributed by atoms with van der Waals surface area (Å²) in [6, 6.07) is 2.23. The Bertz CT molecular complexity index is 678. The van der Waals surface area contributed by atoms with Crippen LogP contribution in [0.4, 0.5) is 10.1 Å². The summed E-state index contributed by atoms with van der Waals surface area (Å²) in [5, 5.41) is 11.0. The van der Waals surface area contributed by atoms with Crippen LogP contribution in [-0.4, -0.2) is 36.3 Å². The molecular weight excluding hydrogens is 313 g/mol. The first kappa shape index (κ1) is 16.8. The van der Waals surface area contributed by atoms with Crippen molar-refractivity contribution in [3.05, 3.63) is 34.1 Å². The van der Waals surface area contributed by atoms with Gasteiger partial charge in [0.05, 0.1) is 4.92 Å². The van der Waals surface area contributed by atoms with Crippen LogP contribution in [0.25, 0.3) is 0 Å². The van der Waals surface area contributed by atoms with Gasteiger partial charge >= 0.3 is 5.69 Å². The summed E-state index contributed by atoms with van der Waals surface area (Å²) in [4.78, 5) is 9.42. The Morgan fingerprint density at radius 3 is 2.73 bits per heavy atom. The van der Waals surface area contributed by atoms with Gasteiger partial charge in [0.1, 0.15) is 0 Å². The zero-order valence-corrected chi connectivity index (χ0v) is 12.9. The minimum Gasteiger partial charge on any atom is -0.326 e. The Morgan fingerprint density at radius 2 is 2.14 bits per heavy atom. The van der Waals surface area contributed by atoms with Gasteiger partial charge in [-0.25, -0.2) is 8.42 Å². The van der Waals surface area contributed by atoms with Gasteiger partial charge in [0.15, 0.2) is 4.90 Å². The molecule has 0 aromatic heterocycles. The summed E-state index contributed by atoms with van der Waals surface area (Å²) in [7, 11) is -4.18. The average molecular weight is 331 g/mol. The van der Waals surface area contributed by atoms with Crippen LogP contribution in [0.3, 0.4) is 0 Å². The van der Waals surface area contributed by atoms with E-state index in [1.54, 1.807) is 6.92 Å². The Morgan fingerprint density at radius 1 is 1.45 bits per heavy atom. The highest BCUT2D eigenvalue weighted by molar-refractivity contribution is 7.89. The second kappa shape index (κ2) is 6.27. The van der Waals surface area contributed by atoms with Gasteiger partial charge < -0.3 is 5.73 Å². The summed E-state index contributed by atoms with van der Waals surface area (Å²) in [6.45, 7) is 1.92. The van der Waals surface area contributed by atoms with Crippen molar-refractivity contribution in [3.8, 4) is 0 Å². The van der Waals surface area contributed by atoms with E-state index in [0.717, 1.165) is 24.6 Å². The molecule has 2 N–H and O–H groups in total. The molecule has 9 heteroatoms. The van der Waals surface area contributed by atoms with E-state index in [1.807, 2.05) is 0 Å².